The summed E-state index contributed by atoms with van der Waals surface area (Å²) in [5.41, 5.74) is -1.11. The Hall–Kier alpha value is -0.560. The molecule has 0 bridgehead atoms. The number of aromatic nitrogens is 2. The molecule has 0 spiro atoms. The SMILES string of the molecule is O=C(O)c1nc(Cl)[nH]c1C(=O)O.[H-].[Na+]. The Morgan fingerprint density at radius 3 is 2.23 bits per heavy atom. The molecule has 0 saturated heterocycles. The maximum absolute atomic E-state index is 10.3. The monoisotopic (exact) mass is 214 g/mol. The second kappa shape index (κ2) is 4.61. The molecule has 8 heteroatoms. The maximum atomic E-state index is 10.3. The Kier molecular flexibility index (Phi) is 4.41. The van der Waals surface area contributed by atoms with Crippen LogP contribution in [0.25, 0.3) is 0 Å². The van der Waals surface area contributed by atoms with Crippen molar-refractivity contribution in [2.45, 2.75) is 0 Å². The predicted octanol–water partition coefficient (Wildman–Crippen LogP) is -2.42. The van der Waals surface area contributed by atoms with Crippen molar-refractivity contribution < 1.29 is 50.8 Å². The van der Waals surface area contributed by atoms with E-state index in [1.54, 1.807) is 0 Å². The van der Waals surface area contributed by atoms with Gasteiger partial charge in [0.15, 0.2) is 11.4 Å². The fraction of sp³-hybridized carbons (Fsp3) is 0. The van der Waals surface area contributed by atoms with Gasteiger partial charge in [0, 0.05) is 0 Å². The number of imidazole rings is 1. The van der Waals surface area contributed by atoms with Gasteiger partial charge in [0.05, 0.1) is 0 Å². The van der Waals surface area contributed by atoms with Gasteiger partial charge in [-0.3, -0.25) is 0 Å². The molecule has 0 aliphatic rings. The zero-order valence-electron chi connectivity index (χ0n) is 7.54. The van der Waals surface area contributed by atoms with Crippen LogP contribution in [0.2, 0.25) is 5.28 Å². The summed E-state index contributed by atoms with van der Waals surface area (Å²) in [4.78, 5) is 26.0. The second-order valence-electron chi connectivity index (χ2n) is 1.86. The van der Waals surface area contributed by atoms with E-state index in [4.69, 9.17) is 21.8 Å². The second-order valence-corrected chi connectivity index (χ2v) is 2.22. The van der Waals surface area contributed by atoms with Gasteiger partial charge in [-0.1, -0.05) is 0 Å². The topological polar surface area (TPSA) is 103 Å². The number of aromatic carboxylic acids is 2. The summed E-state index contributed by atoms with van der Waals surface area (Å²) < 4.78 is 0. The molecule has 6 nitrogen and oxygen atoms in total. The van der Waals surface area contributed by atoms with E-state index in [1.807, 2.05) is 0 Å². The molecule has 1 aromatic rings. The largest absolute Gasteiger partial charge is 1.00 e. The minimum atomic E-state index is -1.43. The number of rotatable bonds is 2. The quantitative estimate of drug-likeness (QED) is 0.475. The van der Waals surface area contributed by atoms with Gasteiger partial charge in [-0.05, 0) is 11.6 Å². The Labute approximate surface area is 101 Å². The first-order valence-corrected chi connectivity index (χ1v) is 3.12. The smallest absolute Gasteiger partial charge is 1.00 e. The Morgan fingerprint density at radius 1 is 1.38 bits per heavy atom. The summed E-state index contributed by atoms with van der Waals surface area (Å²) in [6.07, 6.45) is 0. The number of halogens is 1. The van der Waals surface area contributed by atoms with Crippen molar-refractivity contribution >= 4 is 23.5 Å². The van der Waals surface area contributed by atoms with Gasteiger partial charge in [0.1, 0.15) is 0 Å². The van der Waals surface area contributed by atoms with E-state index >= 15 is 0 Å². The Morgan fingerprint density at radius 2 is 1.92 bits per heavy atom. The van der Waals surface area contributed by atoms with Crippen molar-refractivity contribution in [1.29, 1.82) is 0 Å². The molecule has 0 aromatic carbocycles. The summed E-state index contributed by atoms with van der Waals surface area (Å²) in [6.45, 7) is 0. The van der Waals surface area contributed by atoms with E-state index in [0.29, 0.717) is 0 Å². The van der Waals surface area contributed by atoms with Gasteiger partial charge in [0.25, 0.3) is 0 Å². The summed E-state index contributed by atoms with van der Waals surface area (Å²) in [7, 11) is 0. The average molecular weight is 215 g/mol. The molecule has 0 aliphatic carbocycles. The molecule has 0 aliphatic heterocycles. The van der Waals surface area contributed by atoms with E-state index in [9.17, 15) is 9.59 Å². The molecule has 1 aromatic heterocycles. The van der Waals surface area contributed by atoms with Crippen LogP contribution in [0.4, 0.5) is 0 Å². The van der Waals surface area contributed by atoms with Gasteiger partial charge < -0.3 is 16.6 Å². The van der Waals surface area contributed by atoms with Crippen molar-refractivity contribution in [2.75, 3.05) is 0 Å². The fourth-order valence-corrected chi connectivity index (χ4v) is 0.833. The molecule has 0 amide bonds. The Balaban J connectivity index is 0. The average Bonchev–Trinajstić information content (AvgIpc) is 2.31. The normalized spacial score (nSPS) is 9.00. The van der Waals surface area contributed by atoms with Crippen molar-refractivity contribution in [3.05, 3.63) is 16.7 Å². The molecular weight excluding hydrogens is 211 g/mol. The summed E-state index contributed by atoms with van der Waals surface area (Å²) in [5.74, 6) is -2.85. The number of nitrogens with one attached hydrogen (secondary N) is 1. The molecule has 3 N–H and O–H groups in total. The first-order chi connectivity index (χ1) is 5.52. The molecule has 1 heterocycles. The van der Waals surface area contributed by atoms with Crippen LogP contribution in [0.5, 0.6) is 0 Å². The third-order valence-electron chi connectivity index (χ3n) is 1.09. The first-order valence-electron chi connectivity index (χ1n) is 2.74. The van der Waals surface area contributed by atoms with Crippen LogP contribution in [-0.4, -0.2) is 32.1 Å². The molecule has 66 valence electrons. The van der Waals surface area contributed by atoms with Crippen LogP contribution in [0.1, 0.15) is 22.4 Å². The van der Waals surface area contributed by atoms with Crippen LogP contribution in [0, 0.1) is 0 Å². The number of carbonyl (C=O) groups is 2. The third-order valence-corrected chi connectivity index (χ3v) is 1.27. The molecule has 1 rings (SSSR count). The molecular formula is C5H4ClN2NaO4. The van der Waals surface area contributed by atoms with Crippen LogP contribution in [0.15, 0.2) is 0 Å². The van der Waals surface area contributed by atoms with E-state index in [0.717, 1.165) is 0 Å². The number of carboxylic acids is 2. The predicted molar refractivity (Wildman–Crippen MR) is 38.6 cm³/mol. The maximum Gasteiger partial charge on any atom is 1.00 e. The van der Waals surface area contributed by atoms with Crippen LogP contribution in [0.3, 0.4) is 0 Å². The first kappa shape index (κ1) is 12.4. The van der Waals surface area contributed by atoms with E-state index < -0.39 is 23.3 Å². The molecule has 0 unspecified atom stereocenters. The number of hydrogen-bond acceptors (Lipinski definition) is 3. The van der Waals surface area contributed by atoms with Gasteiger partial charge in [-0.15, -0.1) is 0 Å². The van der Waals surface area contributed by atoms with E-state index in [1.165, 1.54) is 0 Å². The van der Waals surface area contributed by atoms with Crippen LogP contribution in [-0.2, 0) is 0 Å². The minimum absolute atomic E-state index is 0. The van der Waals surface area contributed by atoms with Gasteiger partial charge in [-0.25, -0.2) is 14.6 Å². The number of nitrogens with zero attached hydrogens (tertiary/aromatic N) is 1. The molecule has 0 radical (unpaired) electrons. The van der Waals surface area contributed by atoms with Gasteiger partial charge >= 0.3 is 41.5 Å². The molecule has 13 heavy (non-hydrogen) atoms. The third kappa shape index (κ3) is 2.70. The molecule has 0 atom stereocenters. The molecule has 0 saturated carbocycles. The van der Waals surface area contributed by atoms with Gasteiger partial charge in [0.2, 0.25) is 5.28 Å². The zero-order chi connectivity index (χ0) is 9.30. The molecule has 0 fully saturated rings. The minimum Gasteiger partial charge on any atom is -1.00 e. The van der Waals surface area contributed by atoms with Gasteiger partial charge in [-0.2, -0.15) is 0 Å². The van der Waals surface area contributed by atoms with Crippen molar-refractivity contribution in [3.63, 3.8) is 0 Å². The Bertz CT molecular complexity index is 324. The van der Waals surface area contributed by atoms with Crippen molar-refractivity contribution in [2.24, 2.45) is 0 Å². The van der Waals surface area contributed by atoms with Crippen molar-refractivity contribution in [3.8, 4) is 0 Å². The summed E-state index contributed by atoms with van der Waals surface area (Å²) in [5, 5.41) is 16.6. The van der Waals surface area contributed by atoms with Crippen LogP contribution < -0.4 is 29.6 Å². The standard InChI is InChI=1S/C5H3ClN2O4.Na.H/c6-5-7-1(3(9)10)2(8-5)4(11)12;;/h(H,7,8)(H,9,10)(H,11,12);;/q;+1;-1. The number of hydrogen-bond donors (Lipinski definition) is 3. The van der Waals surface area contributed by atoms with E-state index in [-0.39, 0.29) is 36.3 Å². The van der Waals surface area contributed by atoms with Crippen molar-refractivity contribution in [1.82, 2.24) is 9.97 Å². The summed E-state index contributed by atoms with van der Waals surface area (Å²) >= 11 is 5.26. The summed E-state index contributed by atoms with van der Waals surface area (Å²) in [6, 6.07) is 0. The van der Waals surface area contributed by atoms with Crippen LogP contribution >= 0.6 is 11.6 Å². The fourth-order valence-electron chi connectivity index (χ4n) is 0.654. The number of carboxylic acid groups (broad SMARTS) is 2. The number of H-pyrrole nitrogens is 1. The van der Waals surface area contributed by atoms with E-state index in [2.05, 4.69) is 9.97 Å². The number of aromatic amines is 1. The zero-order valence-corrected chi connectivity index (χ0v) is 9.29.